The number of aromatic amines is 1. The lowest BCUT2D eigenvalue weighted by Crippen LogP contribution is -2.33. The van der Waals surface area contributed by atoms with Crippen LogP contribution < -0.4 is 5.56 Å². The number of pyridine rings is 2. The van der Waals surface area contributed by atoms with E-state index in [0.717, 1.165) is 12.0 Å². The number of benzene rings is 1. The molecule has 3 aromatic rings. The molecule has 1 amide bonds. The third-order valence-corrected chi connectivity index (χ3v) is 4.65. The summed E-state index contributed by atoms with van der Waals surface area (Å²) in [5.74, 6) is -0.352. The summed E-state index contributed by atoms with van der Waals surface area (Å²) in [5, 5.41) is 0.627. The number of hydrogen-bond donors (Lipinski definition) is 1. The molecule has 0 aliphatic carbocycles. The number of H-pyrrole nitrogens is 1. The lowest BCUT2D eigenvalue weighted by molar-refractivity contribution is -0.130. The van der Waals surface area contributed by atoms with Crippen molar-refractivity contribution in [1.29, 1.82) is 0 Å². The number of aryl methyl sites for hydroxylation is 1. The zero-order chi connectivity index (χ0) is 19.2. The normalized spacial score (nSPS) is 10.9. The van der Waals surface area contributed by atoms with Crippen LogP contribution >= 0.6 is 0 Å². The van der Waals surface area contributed by atoms with Crippen molar-refractivity contribution in [3.63, 3.8) is 0 Å². The Kier molecular flexibility index (Phi) is 5.96. The number of nitrogens with zero attached hydrogens (tertiary/aromatic N) is 2. The van der Waals surface area contributed by atoms with Gasteiger partial charge in [-0.3, -0.25) is 14.6 Å². The number of hydrogen-bond acceptors (Lipinski definition) is 3. The fourth-order valence-electron chi connectivity index (χ4n) is 3.08. The number of likely N-dealkylation sites (N-methyl/N-ethyl adjacent to an activating group) is 1. The summed E-state index contributed by atoms with van der Waals surface area (Å²) in [6.45, 7) is 3.18. The molecule has 0 saturated heterocycles. The van der Waals surface area contributed by atoms with E-state index in [1.807, 2.05) is 19.1 Å². The van der Waals surface area contributed by atoms with Crippen molar-refractivity contribution >= 4 is 16.8 Å². The Balaban J connectivity index is 1.64. The smallest absolute Gasteiger partial charge is 0.251 e. The molecule has 0 radical (unpaired) electrons. The molecule has 0 bridgehead atoms. The number of fused-ring (bicyclic) bond motifs is 1. The Morgan fingerprint density at radius 2 is 1.93 bits per heavy atom. The summed E-state index contributed by atoms with van der Waals surface area (Å²) in [6, 6.07) is 9.77. The molecule has 0 fully saturated rings. The van der Waals surface area contributed by atoms with Gasteiger partial charge in [0.25, 0.3) is 5.56 Å². The number of aromatic nitrogens is 2. The third-order valence-electron chi connectivity index (χ3n) is 4.65. The largest absolute Gasteiger partial charge is 0.343 e. The van der Waals surface area contributed by atoms with Gasteiger partial charge in [0.15, 0.2) is 0 Å². The van der Waals surface area contributed by atoms with E-state index in [1.165, 1.54) is 12.1 Å². The molecule has 2 aromatic heterocycles. The molecule has 1 aromatic carbocycles. The van der Waals surface area contributed by atoms with Crippen LogP contribution in [0.1, 0.15) is 24.5 Å². The van der Waals surface area contributed by atoms with Crippen LogP contribution in [-0.4, -0.2) is 33.9 Å². The second-order valence-electron chi connectivity index (χ2n) is 6.43. The van der Waals surface area contributed by atoms with E-state index in [4.69, 9.17) is 0 Å². The minimum atomic E-state index is -0.357. The maximum absolute atomic E-state index is 13.4. The van der Waals surface area contributed by atoms with E-state index in [1.54, 1.807) is 29.4 Å². The Morgan fingerprint density at radius 1 is 1.15 bits per heavy atom. The maximum atomic E-state index is 13.4. The van der Waals surface area contributed by atoms with E-state index in [-0.39, 0.29) is 23.7 Å². The molecule has 5 nitrogen and oxygen atoms in total. The van der Waals surface area contributed by atoms with E-state index < -0.39 is 0 Å². The maximum Gasteiger partial charge on any atom is 0.251 e. The molecule has 1 N–H and O–H groups in total. The molecule has 6 heteroatoms. The lowest BCUT2D eigenvalue weighted by atomic mass is 10.1. The highest BCUT2D eigenvalue weighted by atomic mass is 19.1. The summed E-state index contributed by atoms with van der Waals surface area (Å²) in [4.78, 5) is 33.3. The van der Waals surface area contributed by atoms with Crippen molar-refractivity contribution in [3.05, 3.63) is 76.1 Å². The van der Waals surface area contributed by atoms with Gasteiger partial charge in [-0.15, -0.1) is 0 Å². The first-order valence-electron chi connectivity index (χ1n) is 9.05. The summed E-state index contributed by atoms with van der Waals surface area (Å²) >= 11 is 0. The number of nitrogens with one attached hydrogen (secondary N) is 1. The SMILES string of the molecule is CCN(CCc1ccncc1)C(=O)CCc1cc2cc(F)ccc2[nH]c1=O. The van der Waals surface area contributed by atoms with Crippen molar-refractivity contribution in [2.45, 2.75) is 26.2 Å². The molecule has 0 unspecified atom stereocenters. The van der Waals surface area contributed by atoms with Crippen LogP contribution in [0, 0.1) is 5.82 Å². The van der Waals surface area contributed by atoms with E-state index in [9.17, 15) is 14.0 Å². The van der Waals surface area contributed by atoms with Gasteiger partial charge in [-0.1, -0.05) is 0 Å². The van der Waals surface area contributed by atoms with Gasteiger partial charge in [-0.05, 0) is 61.7 Å². The first-order valence-corrected chi connectivity index (χ1v) is 9.05. The van der Waals surface area contributed by atoms with Crippen LogP contribution in [0.2, 0.25) is 0 Å². The molecule has 0 spiro atoms. The molecular weight excluding hydrogens is 345 g/mol. The second kappa shape index (κ2) is 8.58. The van der Waals surface area contributed by atoms with Crippen LogP contribution in [-0.2, 0) is 17.6 Å². The zero-order valence-corrected chi connectivity index (χ0v) is 15.2. The summed E-state index contributed by atoms with van der Waals surface area (Å²) < 4.78 is 13.4. The van der Waals surface area contributed by atoms with Gasteiger partial charge in [0.2, 0.25) is 5.91 Å². The van der Waals surface area contributed by atoms with E-state index in [0.29, 0.717) is 36.0 Å². The number of amides is 1. The quantitative estimate of drug-likeness (QED) is 0.698. The number of rotatable bonds is 7. The van der Waals surface area contributed by atoms with Crippen LogP contribution in [0.15, 0.2) is 53.6 Å². The fraction of sp³-hybridized carbons (Fsp3) is 0.286. The molecular formula is C21H22FN3O2. The van der Waals surface area contributed by atoms with Gasteiger partial charge in [0.05, 0.1) is 0 Å². The monoisotopic (exact) mass is 367 g/mol. The first kappa shape index (κ1) is 18.8. The van der Waals surface area contributed by atoms with Crippen molar-refractivity contribution < 1.29 is 9.18 Å². The lowest BCUT2D eigenvalue weighted by Gasteiger charge is -2.21. The van der Waals surface area contributed by atoms with Gasteiger partial charge in [0.1, 0.15) is 5.82 Å². The molecule has 2 heterocycles. The van der Waals surface area contributed by atoms with Crippen LogP contribution in [0.5, 0.6) is 0 Å². The van der Waals surface area contributed by atoms with E-state index in [2.05, 4.69) is 9.97 Å². The van der Waals surface area contributed by atoms with Gasteiger partial charge in [-0.2, -0.15) is 0 Å². The standard InChI is InChI=1S/C21H22FN3O2/c1-2-25(12-9-15-7-10-23-11-8-15)20(26)6-3-16-13-17-14-18(22)4-5-19(17)24-21(16)27/h4-5,7-8,10-11,13-14H,2-3,6,9,12H2,1H3,(H,24,27). The van der Waals surface area contributed by atoms with Crippen molar-refractivity contribution in [3.8, 4) is 0 Å². The Labute approximate surface area is 156 Å². The number of halogens is 1. The van der Waals surface area contributed by atoms with E-state index >= 15 is 0 Å². The first-order chi connectivity index (χ1) is 13.1. The Hall–Kier alpha value is -3.02. The molecule has 0 aliphatic heterocycles. The molecule has 0 aliphatic rings. The van der Waals surface area contributed by atoms with Crippen LogP contribution in [0.3, 0.4) is 0 Å². The van der Waals surface area contributed by atoms with Gasteiger partial charge < -0.3 is 9.88 Å². The van der Waals surface area contributed by atoms with Crippen LogP contribution in [0.25, 0.3) is 10.9 Å². The summed E-state index contributed by atoms with van der Waals surface area (Å²) in [6.07, 6.45) is 4.81. The predicted molar refractivity (Wildman–Crippen MR) is 103 cm³/mol. The average molecular weight is 367 g/mol. The highest BCUT2D eigenvalue weighted by molar-refractivity contribution is 5.79. The topological polar surface area (TPSA) is 66.1 Å². The average Bonchev–Trinajstić information content (AvgIpc) is 2.68. The summed E-state index contributed by atoms with van der Waals surface area (Å²) in [7, 11) is 0. The zero-order valence-electron chi connectivity index (χ0n) is 15.2. The molecule has 0 atom stereocenters. The van der Waals surface area contributed by atoms with Gasteiger partial charge >= 0.3 is 0 Å². The Bertz CT molecular complexity index is 986. The van der Waals surface area contributed by atoms with Gasteiger partial charge in [0, 0.05) is 48.4 Å². The predicted octanol–water partition coefficient (Wildman–Crippen LogP) is 3.09. The summed E-state index contributed by atoms with van der Waals surface area (Å²) in [5.41, 5.74) is 1.97. The highest BCUT2D eigenvalue weighted by Gasteiger charge is 2.13. The second-order valence-corrected chi connectivity index (χ2v) is 6.43. The van der Waals surface area contributed by atoms with Crippen LogP contribution in [0.4, 0.5) is 4.39 Å². The molecule has 27 heavy (non-hydrogen) atoms. The molecule has 3 rings (SSSR count). The van der Waals surface area contributed by atoms with Crippen molar-refractivity contribution in [2.75, 3.05) is 13.1 Å². The highest BCUT2D eigenvalue weighted by Crippen LogP contribution is 2.14. The Morgan fingerprint density at radius 3 is 2.67 bits per heavy atom. The molecule has 0 saturated carbocycles. The number of carbonyl (C=O) groups excluding carboxylic acids is 1. The minimum Gasteiger partial charge on any atom is -0.343 e. The van der Waals surface area contributed by atoms with Gasteiger partial charge in [-0.25, -0.2) is 4.39 Å². The van der Waals surface area contributed by atoms with Crippen molar-refractivity contribution in [2.24, 2.45) is 0 Å². The molecule has 140 valence electrons. The third kappa shape index (κ3) is 4.78. The number of carbonyl (C=O) groups is 1. The minimum absolute atomic E-state index is 0.00490. The fourth-order valence-corrected chi connectivity index (χ4v) is 3.08. The van der Waals surface area contributed by atoms with Crippen molar-refractivity contribution in [1.82, 2.24) is 14.9 Å².